The van der Waals surface area contributed by atoms with Gasteiger partial charge in [0, 0.05) is 18.7 Å². The molecule has 0 heterocycles. The van der Waals surface area contributed by atoms with Gasteiger partial charge in [0.15, 0.2) is 0 Å². The summed E-state index contributed by atoms with van der Waals surface area (Å²) in [4.78, 5) is 4.18. The van der Waals surface area contributed by atoms with Crippen LogP contribution in [0.2, 0.25) is 0 Å². The molecule has 0 aliphatic heterocycles. The van der Waals surface area contributed by atoms with Gasteiger partial charge in [-0.25, -0.2) is 0 Å². The third kappa shape index (κ3) is 5.95. The highest BCUT2D eigenvalue weighted by Crippen LogP contribution is 1.92. The largest absolute Gasteiger partial charge is 0.387 e. The molecule has 0 amide bonds. The highest BCUT2D eigenvalue weighted by molar-refractivity contribution is 7.98. The summed E-state index contributed by atoms with van der Waals surface area (Å²) in [7, 11) is 0. The van der Waals surface area contributed by atoms with Gasteiger partial charge in [0.25, 0.3) is 0 Å². The molecule has 60 valence electrons. The molecular weight excluding hydrogens is 144 g/mol. The maximum Gasteiger partial charge on any atom is 0.0937 e. The monoisotopic (exact) mass is 160 g/mol. The standard InChI is InChI=1S/C7H16N2S/c1-3-4-7(8)9-5-6-10-2/h3-6H2,1-2H3,(H2,8,9). The Bertz CT molecular complexity index is 102. The second kappa shape index (κ2) is 6.93. The number of hydrogen-bond acceptors (Lipinski definition) is 2. The van der Waals surface area contributed by atoms with E-state index in [4.69, 9.17) is 5.73 Å². The zero-order valence-corrected chi connectivity index (χ0v) is 7.58. The van der Waals surface area contributed by atoms with E-state index in [0.717, 1.165) is 31.0 Å². The average molecular weight is 160 g/mol. The van der Waals surface area contributed by atoms with Crippen molar-refractivity contribution in [2.75, 3.05) is 18.6 Å². The van der Waals surface area contributed by atoms with Gasteiger partial charge in [-0.1, -0.05) is 6.92 Å². The Labute approximate surface area is 67.3 Å². The van der Waals surface area contributed by atoms with E-state index in [2.05, 4.69) is 18.2 Å². The SMILES string of the molecule is CCCC(N)=NCCSC. The molecule has 2 N–H and O–H groups in total. The summed E-state index contributed by atoms with van der Waals surface area (Å²) in [5, 5.41) is 0. The van der Waals surface area contributed by atoms with Crippen LogP contribution in [0.1, 0.15) is 19.8 Å². The van der Waals surface area contributed by atoms with Gasteiger partial charge >= 0.3 is 0 Å². The molecule has 0 aliphatic rings. The number of aliphatic imine (C=N–C) groups is 1. The van der Waals surface area contributed by atoms with E-state index in [-0.39, 0.29) is 0 Å². The van der Waals surface area contributed by atoms with Crippen LogP contribution in [-0.2, 0) is 0 Å². The smallest absolute Gasteiger partial charge is 0.0937 e. The number of hydrogen-bond donors (Lipinski definition) is 1. The predicted molar refractivity (Wildman–Crippen MR) is 49.8 cm³/mol. The Balaban J connectivity index is 3.28. The van der Waals surface area contributed by atoms with Crippen molar-refractivity contribution in [3.05, 3.63) is 0 Å². The van der Waals surface area contributed by atoms with Gasteiger partial charge in [-0.3, -0.25) is 4.99 Å². The van der Waals surface area contributed by atoms with Crippen molar-refractivity contribution in [3.8, 4) is 0 Å². The van der Waals surface area contributed by atoms with E-state index in [1.54, 1.807) is 11.8 Å². The van der Waals surface area contributed by atoms with Crippen molar-refractivity contribution in [2.45, 2.75) is 19.8 Å². The molecule has 0 radical (unpaired) electrons. The zero-order valence-electron chi connectivity index (χ0n) is 6.76. The van der Waals surface area contributed by atoms with E-state index >= 15 is 0 Å². The highest BCUT2D eigenvalue weighted by Gasteiger charge is 1.87. The Hall–Kier alpha value is -0.180. The van der Waals surface area contributed by atoms with Gasteiger partial charge in [0.05, 0.1) is 5.84 Å². The Kier molecular flexibility index (Phi) is 6.81. The minimum atomic E-state index is 0.802. The van der Waals surface area contributed by atoms with Gasteiger partial charge in [-0.15, -0.1) is 0 Å². The third-order valence-corrected chi connectivity index (χ3v) is 1.71. The van der Waals surface area contributed by atoms with Crippen LogP contribution in [0.25, 0.3) is 0 Å². The topological polar surface area (TPSA) is 38.4 Å². The third-order valence-electron chi connectivity index (χ3n) is 1.12. The van der Waals surface area contributed by atoms with E-state index in [0.29, 0.717) is 0 Å². The van der Waals surface area contributed by atoms with Crippen LogP contribution in [0.4, 0.5) is 0 Å². The fourth-order valence-electron chi connectivity index (χ4n) is 0.616. The molecule has 0 unspecified atom stereocenters. The molecule has 0 saturated carbocycles. The van der Waals surface area contributed by atoms with Crippen LogP contribution in [0.5, 0.6) is 0 Å². The van der Waals surface area contributed by atoms with Crippen molar-refractivity contribution >= 4 is 17.6 Å². The predicted octanol–water partition coefficient (Wildman–Crippen LogP) is 1.51. The van der Waals surface area contributed by atoms with Gasteiger partial charge in [-0.2, -0.15) is 11.8 Å². The molecule has 3 heteroatoms. The van der Waals surface area contributed by atoms with Gasteiger partial charge in [-0.05, 0) is 12.7 Å². The Morgan fingerprint density at radius 1 is 1.60 bits per heavy atom. The van der Waals surface area contributed by atoms with E-state index in [9.17, 15) is 0 Å². The zero-order chi connectivity index (χ0) is 7.82. The van der Waals surface area contributed by atoms with Crippen molar-refractivity contribution in [1.29, 1.82) is 0 Å². The van der Waals surface area contributed by atoms with Crippen molar-refractivity contribution in [1.82, 2.24) is 0 Å². The number of nitrogens with two attached hydrogens (primary N) is 1. The second-order valence-corrected chi connectivity index (χ2v) is 3.10. The number of rotatable bonds is 5. The first kappa shape index (κ1) is 9.82. The number of nitrogens with zero attached hydrogens (tertiary/aromatic N) is 1. The van der Waals surface area contributed by atoms with Gasteiger partial charge in [0.1, 0.15) is 0 Å². The molecule has 0 saturated heterocycles. The van der Waals surface area contributed by atoms with Crippen LogP contribution in [0.15, 0.2) is 4.99 Å². The van der Waals surface area contributed by atoms with Gasteiger partial charge in [0.2, 0.25) is 0 Å². The molecule has 0 aromatic carbocycles. The summed E-state index contributed by atoms with van der Waals surface area (Å²) in [6, 6.07) is 0. The minimum absolute atomic E-state index is 0.802. The maximum absolute atomic E-state index is 5.57. The van der Waals surface area contributed by atoms with Crippen molar-refractivity contribution in [2.24, 2.45) is 10.7 Å². The van der Waals surface area contributed by atoms with Gasteiger partial charge < -0.3 is 5.73 Å². The summed E-state index contributed by atoms with van der Waals surface area (Å²) >= 11 is 1.80. The summed E-state index contributed by atoms with van der Waals surface area (Å²) in [5.41, 5.74) is 5.57. The molecule has 0 aromatic rings. The van der Waals surface area contributed by atoms with E-state index < -0.39 is 0 Å². The molecular formula is C7H16N2S. The molecule has 0 fully saturated rings. The molecule has 0 atom stereocenters. The normalized spacial score (nSPS) is 12.0. The molecule has 10 heavy (non-hydrogen) atoms. The summed E-state index contributed by atoms with van der Waals surface area (Å²) in [6.07, 6.45) is 4.11. The van der Waals surface area contributed by atoms with Crippen LogP contribution in [0.3, 0.4) is 0 Å². The lowest BCUT2D eigenvalue weighted by molar-refractivity contribution is 0.967. The first-order chi connectivity index (χ1) is 4.81. The van der Waals surface area contributed by atoms with Crippen molar-refractivity contribution < 1.29 is 0 Å². The lowest BCUT2D eigenvalue weighted by Gasteiger charge is -1.96. The minimum Gasteiger partial charge on any atom is -0.387 e. The van der Waals surface area contributed by atoms with Crippen LogP contribution >= 0.6 is 11.8 Å². The summed E-state index contributed by atoms with van der Waals surface area (Å²) in [6.45, 7) is 2.98. The fraction of sp³-hybridized carbons (Fsp3) is 0.857. The van der Waals surface area contributed by atoms with Crippen LogP contribution < -0.4 is 5.73 Å². The summed E-state index contributed by atoms with van der Waals surface area (Å²) < 4.78 is 0. The van der Waals surface area contributed by atoms with E-state index in [1.807, 2.05) is 0 Å². The molecule has 0 rings (SSSR count). The van der Waals surface area contributed by atoms with Crippen molar-refractivity contribution in [3.63, 3.8) is 0 Å². The Morgan fingerprint density at radius 3 is 2.80 bits per heavy atom. The lowest BCUT2D eigenvalue weighted by atomic mass is 10.3. The molecule has 0 aromatic heterocycles. The van der Waals surface area contributed by atoms with Crippen LogP contribution in [0, 0.1) is 0 Å². The molecule has 0 spiro atoms. The maximum atomic E-state index is 5.57. The van der Waals surface area contributed by atoms with Crippen LogP contribution in [-0.4, -0.2) is 24.4 Å². The highest BCUT2D eigenvalue weighted by atomic mass is 32.2. The second-order valence-electron chi connectivity index (χ2n) is 2.12. The first-order valence-corrected chi connectivity index (χ1v) is 4.98. The average Bonchev–Trinajstić information content (AvgIpc) is 1.89. The molecule has 0 aliphatic carbocycles. The quantitative estimate of drug-likeness (QED) is 0.376. The van der Waals surface area contributed by atoms with E-state index in [1.165, 1.54) is 0 Å². The number of thioether (sulfide) groups is 1. The first-order valence-electron chi connectivity index (χ1n) is 3.59. The Morgan fingerprint density at radius 2 is 2.30 bits per heavy atom. The molecule has 2 nitrogen and oxygen atoms in total. The fourth-order valence-corrected chi connectivity index (χ4v) is 0.890. The molecule has 0 bridgehead atoms. The lowest BCUT2D eigenvalue weighted by Crippen LogP contribution is -2.11. The number of amidine groups is 1. The summed E-state index contributed by atoms with van der Waals surface area (Å²) in [5.74, 6) is 1.88.